The molecule has 2 heterocycles. The minimum absolute atomic E-state index is 0.134. The summed E-state index contributed by atoms with van der Waals surface area (Å²) in [6, 6.07) is 0. The first-order chi connectivity index (χ1) is 8.45. The smallest absolute Gasteiger partial charge is 0.375 e. The van der Waals surface area contributed by atoms with Crippen molar-refractivity contribution in [1.82, 2.24) is 19.6 Å². The van der Waals surface area contributed by atoms with E-state index in [1.807, 2.05) is 0 Å². The lowest BCUT2D eigenvalue weighted by Gasteiger charge is -2.07. The van der Waals surface area contributed by atoms with Gasteiger partial charge in [-0.2, -0.15) is 9.50 Å². The topological polar surface area (TPSA) is 107 Å². The number of ether oxygens (including phenoxy) is 1. The molecule has 0 bridgehead atoms. The first kappa shape index (κ1) is 12.0. The molecule has 0 atom stereocenters. The number of esters is 1. The fourth-order valence-corrected chi connectivity index (χ4v) is 1.66. The van der Waals surface area contributed by atoms with Crippen molar-refractivity contribution >= 4 is 17.7 Å². The van der Waals surface area contributed by atoms with Crippen molar-refractivity contribution < 1.29 is 19.4 Å². The molecule has 18 heavy (non-hydrogen) atoms. The lowest BCUT2D eigenvalue weighted by atomic mass is 10.2. The van der Waals surface area contributed by atoms with E-state index < -0.39 is 11.9 Å². The number of rotatable bonds is 2. The average Bonchev–Trinajstić information content (AvgIpc) is 2.72. The third-order valence-corrected chi connectivity index (χ3v) is 2.48. The lowest BCUT2D eigenvalue weighted by molar-refractivity contribution is 0.0597. The predicted octanol–water partition coefficient (Wildman–Crippen LogP) is 0.226. The largest absolute Gasteiger partial charge is 0.475 e. The normalized spacial score (nSPS) is 10.6. The van der Waals surface area contributed by atoms with Gasteiger partial charge in [0.15, 0.2) is 0 Å². The van der Waals surface area contributed by atoms with Crippen LogP contribution in [-0.2, 0) is 4.74 Å². The van der Waals surface area contributed by atoms with Crippen LogP contribution in [0.4, 0.5) is 0 Å². The van der Waals surface area contributed by atoms with Gasteiger partial charge in [0.1, 0.15) is 5.56 Å². The molecule has 8 nitrogen and oxygen atoms in total. The number of fused-ring (bicyclic) bond motifs is 1. The fourth-order valence-electron chi connectivity index (χ4n) is 1.66. The number of hydrogen-bond acceptors (Lipinski definition) is 6. The summed E-state index contributed by atoms with van der Waals surface area (Å²) in [5.74, 6) is -2.04. The quantitative estimate of drug-likeness (QED) is 0.760. The average molecular weight is 250 g/mol. The van der Waals surface area contributed by atoms with Gasteiger partial charge in [-0.3, -0.25) is 0 Å². The highest BCUT2D eigenvalue weighted by Crippen LogP contribution is 2.14. The summed E-state index contributed by atoms with van der Waals surface area (Å²) in [5.41, 5.74) is 1.10. The van der Waals surface area contributed by atoms with Gasteiger partial charge in [-0.1, -0.05) is 0 Å². The summed E-state index contributed by atoms with van der Waals surface area (Å²) in [5, 5.41) is 12.6. The maximum Gasteiger partial charge on any atom is 0.375 e. The van der Waals surface area contributed by atoms with Gasteiger partial charge in [-0.05, 0) is 13.8 Å². The number of carbonyl (C=O) groups excluding carboxylic acids is 1. The number of aromatic nitrogens is 4. The van der Waals surface area contributed by atoms with Gasteiger partial charge < -0.3 is 9.84 Å². The maximum absolute atomic E-state index is 11.6. The van der Waals surface area contributed by atoms with Crippen molar-refractivity contribution in [1.29, 1.82) is 0 Å². The number of hydrogen-bond donors (Lipinski definition) is 1. The second kappa shape index (κ2) is 4.06. The Hall–Kier alpha value is -2.51. The van der Waals surface area contributed by atoms with Crippen LogP contribution in [0.2, 0.25) is 0 Å². The van der Waals surface area contributed by atoms with Crippen molar-refractivity contribution in [3.63, 3.8) is 0 Å². The Morgan fingerprint density at radius 3 is 2.50 bits per heavy atom. The highest BCUT2D eigenvalue weighted by molar-refractivity contribution is 5.92. The second-order valence-corrected chi connectivity index (χ2v) is 3.60. The van der Waals surface area contributed by atoms with E-state index in [0.717, 1.165) is 0 Å². The number of aromatic carboxylic acids is 1. The molecule has 0 aliphatic heterocycles. The zero-order valence-electron chi connectivity index (χ0n) is 9.96. The predicted molar refractivity (Wildman–Crippen MR) is 58.6 cm³/mol. The number of nitrogens with zero attached hydrogens (tertiary/aromatic N) is 4. The molecule has 0 aromatic carbocycles. The van der Waals surface area contributed by atoms with Gasteiger partial charge in [0.05, 0.1) is 18.5 Å². The standard InChI is InChI=1S/C10H10N4O4/c1-4-6(9(17)18-3)5(2)14-10(11-4)12-7(13-14)8(15)16/h1-3H3,(H,15,16). The molecule has 0 saturated carbocycles. The molecule has 2 rings (SSSR count). The van der Waals surface area contributed by atoms with E-state index in [4.69, 9.17) is 5.11 Å². The monoisotopic (exact) mass is 250 g/mol. The van der Waals surface area contributed by atoms with Crippen molar-refractivity contribution in [3.8, 4) is 0 Å². The molecule has 2 aromatic rings. The van der Waals surface area contributed by atoms with Gasteiger partial charge in [-0.25, -0.2) is 14.6 Å². The van der Waals surface area contributed by atoms with Gasteiger partial charge >= 0.3 is 11.9 Å². The number of carbonyl (C=O) groups is 2. The Morgan fingerprint density at radius 1 is 1.28 bits per heavy atom. The summed E-state index contributed by atoms with van der Waals surface area (Å²) in [6.45, 7) is 3.24. The van der Waals surface area contributed by atoms with Crippen LogP contribution < -0.4 is 0 Å². The molecular weight excluding hydrogens is 240 g/mol. The molecule has 0 aliphatic rings. The summed E-state index contributed by atoms with van der Waals surface area (Å²) < 4.78 is 5.86. The summed E-state index contributed by atoms with van der Waals surface area (Å²) in [6.07, 6.45) is 0. The van der Waals surface area contributed by atoms with Crippen LogP contribution in [0.5, 0.6) is 0 Å². The summed E-state index contributed by atoms with van der Waals surface area (Å²) >= 11 is 0. The van der Waals surface area contributed by atoms with Crippen LogP contribution in [0.15, 0.2) is 0 Å². The minimum Gasteiger partial charge on any atom is -0.475 e. The van der Waals surface area contributed by atoms with E-state index in [2.05, 4.69) is 19.8 Å². The third-order valence-electron chi connectivity index (χ3n) is 2.48. The molecule has 0 aliphatic carbocycles. The summed E-state index contributed by atoms with van der Waals surface area (Å²) in [4.78, 5) is 30.2. The van der Waals surface area contributed by atoms with Gasteiger partial charge in [-0.15, -0.1) is 5.10 Å². The van der Waals surface area contributed by atoms with Crippen LogP contribution >= 0.6 is 0 Å². The number of carboxylic acids is 1. The molecule has 8 heteroatoms. The van der Waals surface area contributed by atoms with Crippen LogP contribution in [-0.4, -0.2) is 43.7 Å². The highest BCUT2D eigenvalue weighted by atomic mass is 16.5. The SMILES string of the molecule is COC(=O)c1c(C)nc2nc(C(=O)O)nn2c1C. The first-order valence-corrected chi connectivity index (χ1v) is 5.01. The van der Waals surface area contributed by atoms with E-state index in [0.29, 0.717) is 11.4 Å². The van der Waals surface area contributed by atoms with Gasteiger partial charge in [0.25, 0.3) is 11.6 Å². The van der Waals surface area contributed by atoms with Crippen molar-refractivity contribution in [3.05, 3.63) is 22.8 Å². The molecular formula is C10H10N4O4. The molecule has 0 radical (unpaired) electrons. The van der Waals surface area contributed by atoms with Crippen molar-refractivity contribution in [2.24, 2.45) is 0 Å². The van der Waals surface area contributed by atoms with Gasteiger partial charge in [0, 0.05) is 0 Å². The molecule has 0 fully saturated rings. The molecule has 2 aromatic heterocycles. The van der Waals surface area contributed by atoms with Crippen molar-refractivity contribution in [2.75, 3.05) is 7.11 Å². The highest BCUT2D eigenvalue weighted by Gasteiger charge is 2.20. The number of carboxylic acid groups (broad SMARTS) is 1. The molecule has 94 valence electrons. The maximum atomic E-state index is 11.6. The fraction of sp³-hybridized carbons (Fsp3) is 0.300. The van der Waals surface area contributed by atoms with Gasteiger partial charge in [0.2, 0.25) is 0 Å². The molecule has 0 amide bonds. The Bertz CT molecular complexity index is 661. The minimum atomic E-state index is -1.25. The van der Waals surface area contributed by atoms with Crippen molar-refractivity contribution in [2.45, 2.75) is 13.8 Å². The van der Waals surface area contributed by atoms with E-state index in [1.54, 1.807) is 13.8 Å². The van der Waals surface area contributed by atoms with Crippen LogP contribution in [0, 0.1) is 13.8 Å². The van der Waals surface area contributed by atoms with Crippen LogP contribution in [0.3, 0.4) is 0 Å². The Balaban J connectivity index is 2.76. The summed E-state index contributed by atoms with van der Waals surface area (Å²) in [7, 11) is 1.26. The second-order valence-electron chi connectivity index (χ2n) is 3.60. The van der Waals surface area contributed by atoms with E-state index in [9.17, 15) is 9.59 Å². The Kier molecular flexibility index (Phi) is 2.70. The molecule has 0 saturated heterocycles. The number of aryl methyl sites for hydroxylation is 2. The third kappa shape index (κ3) is 1.67. The molecule has 1 N–H and O–H groups in total. The van der Waals surface area contributed by atoms with E-state index in [1.165, 1.54) is 11.6 Å². The lowest BCUT2D eigenvalue weighted by Crippen LogP contribution is -2.12. The zero-order valence-corrected chi connectivity index (χ0v) is 9.96. The zero-order chi connectivity index (χ0) is 13.4. The van der Waals surface area contributed by atoms with Crippen LogP contribution in [0.1, 0.15) is 32.4 Å². The Morgan fingerprint density at radius 2 is 1.94 bits per heavy atom. The first-order valence-electron chi connectivity index (χ1n) is 5.01. The molecule has 0 unspecified atom stereocenters. The van der Waals surface area contributed by atoms with E-state index >= 15 is 0 Å². The Labute approximate surface area is 101 Å². The van der Waals surface area contributed by atoms with Crippen LogP contribution in [0.25, 0.3) is 5.78 Å². The number of methoxy groups -OCH3 is 1. The molecule has 0 spiro atoms. The van der Waals surface area contributed by atoms with E-state index in [-0.39, 0.29) is 17.2 Å².